The Hall–Kier alpha value is -2.30. The summed E-state index contributed by atoms with van der Waals surface area (Å²) in [5.41, 5.74) is 1.94. The Morgan fingerprint density at radius 3 is 2.45 bits per heavy atom. The summed E-state index contributed by atoms with van der Waals surface area (Å²) < 4.78 is 10.7. The molecule has 0 saturated carbocycles. The van der Waals surface area contributed by atoms with Crippen LogP contribution in [0.2, 0.25) is 0 Å². The fourth-order valence-electron chi connectivity index (χ4n) is 2.51. The van der Waals surface area contributed by atoms with Crippen molar-refractivity contribution in [2.75, 3.05) is 13.3 Å². The van der Waals surface area contributed by atoms with Crippen LogP contribution in [-0.2, 0) is 16.0 Å². The Kier molecular flexibility index (Phi) is 3.18. The summed E-state index contributed by atoms with van der Waals surface area (Å²) >= 11 is 0. The van der Waals surface area contributed by atoms with E-state index in [9.17, 15) is 9.59 Å². The van der Waals surface area contributed by atoms with E-state index in [1.165, 1.54) is 4.90 Å². The van der Waals surface area contributed by atoms with E-state index in [0.717, 1.165) is 11.1 Å². The summed E-state index contributed by atoms with van der Waals surface area (Å²) in [5.74, 6) is 1.23. The van der Waals surface area contributed by atoms with Gasteiger partial charge in [-0.15, -0.1) is 0 Å². The van der Waals surface area contributed by atoms with Gasteiger partial charge in [0.1, 0.15) is 0 Å². The first kappa shape index (κ1) is 12.7. The summed E-state index contributed by atoms with van der Waals surface area (Å²) in [7, 11) is 0. The van der Waals surface area contributed by atoms with Crippen LogP contribution in [0, 0.1) is 0 Å². The average Bonchev–Trinajstić information content (AvgIpc) is 3.02. The highest BCUT2D eigenvalue weighted by atomic mass is 16.7. The molecular weight excluding hydrogens is 258 g/mol. The lowest BCUT2D eigenvalue weighted by molar-refractivity contribution is -0.138. The maximum atomic E-state index is 11.6. The molecule has 1 aromatic carbocycles. The fraction of sp³-hybridized carbons (Fsp3) is 0.333. The average molecular weight is 273 g/mol. The third-order valence-electron chi connectivity index (χ3n) is 3.61. The molecule has 2 aliphatic heterocycles. The van der Waals surface area contributed by atoms with E-state index >= 15 is 0 Å². The maximum absolute atomic E-state index is 11.6. The normalized spacial score (nSPS) is 16.9. The van der Waals surface area contributed by atoms with Crippen molar-refractivity contribution >= 4 is 17.9 Å². The lowest BCUT2D eigenvalue weighted by Gasteiger charge is -2.15. The first-order chi connectivity index (χ1) is 9.69. The van der Waals surface area contributed by atoms with Gasteiger partial charge < -0.3 is 9.47 Å². The van der Waals surface area contributed by atoms with Crippen molar-refractivity contribution in [1.82, 2.24) is 4.90 Å². The van der Waals surface area contributed by atoms with E-state index in [1.54, 1.807) is 6.08 Å². The first-order valence-corrected chi connectivity index (χ1v) is 6.57. The molecule has 104 valence electrons. The van der Waals surface area contributed by atoms with Crippen LogP contribution in [-0.4, -0.2) is 30.1 Å². The third-order valence-corrected chi connectivity index (χ3v) is 3.61. The number of fused-ring (bicyclic) bond motifs is 1. The number of carbonyl (C=O) groups excluding carboxylic acids is 2. The minimum absolute atomic E-state index is 0.0871. The molecule has 0 bridgehead atoms. The number of ether oxygens (including phenoxy) is 2. The smallest absolute Gasteiger partial charge is 0.231 e. The molecule has 0 atom stereocenters. The summed E-state index contributed by atoms with van der Waals surface area (Å²) in [6, 6.07) is 3.77. The van der Waals surface area contributed by atoms with Crippen molar-refractivity contribution in [2.45, 2.75) is 19.3 Å². The molecule has 1 saturated heterocycles. The molecule has 0 aliphatic carbocycles. The van der Waals surface area contributed by atoms with Crippen molar-refractivity contribution in [3.8, 4) is 11.5 Å². The van der Waals surface area contributed by atoms with Gasteiger partial charge in [-0.25, -0.2) is 0 Å². The highest BCUT2D eigenvalue weighted by Crippen LogP contribution is 2.35. The zero-order valence-electron chi connectivity index (χ0n) is 11.1. The van der Waals surface area contributed by atoms with Crippen molar-refractivity contribution in [3.05, 3.63) is 29.8 Å². The third kappa shape index (κ3) is 2.15. The molecule has 1 aromatic rings. The van der Waals surface area contributed by atoms with Crippen LogP contribution in [0.15, 0.2) is 18.7 Å². The van der Waals surface area contributed by atoms with Crippen LogP contribution >= 0.6 is 0 Å². The largest absolute Gasteiger partial charge is 0.454 e. The minimum atomic E-state index is -0.0871. The highest BCUT2D eigenvalue weighted by molar-refractivity contribution is 6.01. The molecule has 2 aliphatic rings. The molecule has 0 unspecified atom stereocenters. The molecule has 3 rings (SSSR count). The number of hydrogen-bond acceptors (Lipinski definition) is 4. The number of carbonyl (C=O) groups is 2. The number of hydrogen-bond donors (Lipinski definition) is 0. The molecule has 0 spiro atoms. The van der Waals surface area contributed by atoms with E-state index in [-0.39, 0.29) is 18.6 Å². The Bertz CT molecular complexity index is 578. The van der Waals surface area contributed by atoms with Crippen molar-refractivity contribution in [1.29, 1.82) is 0 Å². The second kappa shape index (κ2) is 5.00. The Morgan fingerprint density at radius 1 is 1.15 bits per heavy atom. The van der Waals surface area contributed by atoms with Crippen molar-refractivity contribution < 1.29 is 19.1 Å². The van der Waals surface area contributed by atoms with Gasteiger partial charge in [0.25, 0.3) is 0 Å². The number of benzene rings is 1. The summed E-state index contributed by atoms with van der Waals surface area (Å²) in [5, 5.41) is 0. The lowest BCUT2D eigenvalue weighted by Crippen LogP contribution is -2.31. The second-order valence-electron chi connectivity index (χ2n) is 4.80. The summed E-state index contributed by atoms with van der Waals surface area (Å²) in [6.45, 7) is 4.40. The SMILES string of the molecule is C=Cc1cc2c(cc1CCN1C(=O)CCC1=O)OCO2. The van der Waals surface area contributed by atoms with Gasteiger partial charge in [0.05, 0.1) is 0 Å². The summed E-state index contributed by atoms with van der Waals surface area (Å²) in [6.07, 6.45) is 2.99. The molecule has 5 heteroatoms. The molecule has 20 heavy (non-hydrogen) atoms. The zero-order chi connectivity index (χ0) is 14.1. The van der Waals surface area contributed by atoms with E-state index in [1.807, 2.05) is 12.1 Å². The van der Waals surface area contributed by atoms with Crippen LogP contribution in [0.5, 0.6) is 11.5 Å². The second-order valence-corrected chi connectivity index (χ2v) is 4.80. The van der Waals surface area contributed by atoms with Crippen LogP contribution in [0.3, 0.4) is 0 Å². The van der Waals surface area contributed by atoms with Gasteiger partial charge >= 0.3 is 0 Å². The zero-order valence-corrected chi connectivity index (χ0v) is 11.1. The number of amides is 2. The minimum Gasteiger partial charge on any atom is -0.454 e. The van der Waals surface area contributed by atoms with Gasteiger partial charge in [0.2, 0.25) is 18.6 Å². The highest BCUT2D eigenvalue weighted by Gasteiger charge is 2.28. The molecule has 0 aromatic heterocycles. The Morgan fingerprint density at radius 2 is 1.80 bits per heavy atom. The van der Waals surface area contributed by atoms with E-state index in [0.29, 0.717) is 37.3 Å². The molecule has 0 radical (unpaired) electrons. The van der Waals surface area contributed by atoms with E-state index in [2.05, 4.69) is 6.58 Å². The predicted molar refractivity (Wildman–Crippen MR) is 72.3 cm³/mol. The van der Waals surface area contributed by atoms with Crippen LogP contribution in [0.25, 0.3) is 6.08 Å². The molecule has 5 nitrogen and oxygen atoms in total. The number of rotatable bonds is 4. The quantitative estimate of drug-likeness (QED) is 0.784. The van der Waals surface area contributed by atoms with Crippen LogP contribution in [0.4, 0.5) is 0 Å². The summed E-state index contributed by atoms with van der Waals surface area (Å²) in [4.78, 5) is 24.5. The molecule has 1 fully saturated rings. The number of likely N-dealkylation sites (tertiary alicyclic amines) is 1. The van der Waals surface area contributed by atoms with Crippen LogP contribution in [0.1, 0.15) is 24.0 Å². The maximum Gasteiger partial charge on any atom is 0.231 e. The predicted octanol–water partition coefficient (Wildman–Crippen LogP) is 1.75. The topological polar surface area (TPSA) is 55.8 Å². The van der Waals surface area contributed by atoms with Gasteiger partial charge in [-0.1, -0.05) is 12.7 Å². The Labute approximate surface area is 116 Å². The van der Waals surface area contributed by atoms with Crippen molar-refractivity contribution in [3.63, 3.8) is 0 Å². The molecule has 2 amide bonds. The number of imide groups is 1. The fourth-order valence-corrected chi connectivity index (χ4v) is 2.51. The van der Waals surface area contributed by atoms with Gasteiger partial charge in [-0.2, -0.15) is 0 Å². The van der Waals surface area contributed by atoms with Crippen LogP contribution < -0.4 is 9.47 Å². The standard InChI is InChI=1S/C15H15NO4/c1-2-10-7-12-13(20-9-19-12)8-11(10)5-6-16-14(17)3-4-15(16)18/h2,7-8H,1,3-6,9H2. The van der Waals surface area contributed by atoms with Gasteiger partial charge in [-0.3, -0.25) is 14.5 Å². The lowest BCUT2D eigenvalue weighted by atomic mass is 10.0. The van der Waals surface area contributed by atoms with Gasteiger partial charge in [0.15, 0.2) is 11.5 Å². The number of nitrogens with zero attached hydrogens (tertiary/aromatic N) is 1. The molecule has 2 heterocycles. The first-order valence-electron chi connectivity index (χ1n) is 6.57. The van der Waals surface area contributed by atoms with Gasteiger partial charge in [0, 0.05) is 19.4 Å². The monoisotopic (exact) mass is 273 g/mol. The molecule has 0 N–H and O–H groups in total. The van der Waals surface area contributed by atoms with E-state index < -0.39 is 0 Å². The van der Waals surface area contributed by atoms with Gasteiger partial charge in [-0.05, 0) is 29.7 Å². The van der Waals surface area contributed by atoms with E-state index in [4.69, 9.17) is 9.47 Å². The molecular formula is C15H15NO4. The van der Waals surface area contributed by atoms with Crippen molar-refractivity contribution in [2.24, 2.45) is 0 Å². The Balaban J connectivity index is 1.78.